The first kappa shape index (κ1) is 56.1. The van der Waals surface area contributed by atoms with Gasteiger partial charge in [-0.25, -0.2) is 9.13 Å². The van der Waals surface area contributed by atoms with Crippen molar-refractivity contribution in [2.45, 2.75) is 220 Å². The quantitative estimate of drug-likeness (QED) is 0.0257. The zero-order chi connectivity index (χ0) is 42.6. The van der Waals surface area contributed by atoms with Crippen molar-refractivity contribution in [3.05, 3.63) is 0 Å². The molecule has 0 aromatic rings. The van der Waals surface area contributed by atoms with Crippen LogP contribution in [0.5, 0.6) is 0 Å². The summed E-state index contributed by atoms with van der Waals surface area (Å²) in [4.78, 5) is 52.6. The van der Waals surface area contributed by atoms with Gasteiger partial charge in [0.15, 0.2) is 6.10 Å². The number of aliphatic hydroxyl groups is 1. The predicted molar refractivity (Wildman–Crippen MR) is 226 cm³/mol. The number of hydrogen-bond acceptors (Lipinski definition) is 10. The van der Waals surface area contributed by atoms with E-state index in [2.05, 4.69) is 36.7 Å². The summed E-state index contributed by atoms with van der Waals surface area (Å²) in [5.41, 5.74) is 0. The Hall–Kier alpha value is -0.880. The van der Waals surface area contributed by atoms with E-state index in [-0.39, 0.29) is 19.4 Å². The van der Waals surface area contributed by atoms with Gasteiger partial charge in [-0.05, 0) is 24.7 Å². The summed E-state index contributed by atoms with van der Waals surface area (Å²) >= 11 is 0. The van der Waals surface area contributed by atoms with E-state index in [0.29, 0.717) is 18.8 Å². The van der Waals surface area contributed by atoms with Crippen molar-refractivity contribution >= 4 is 27.6 Å². The Morgan fingerprint density at radius 2 is 0.789 bits per heavy atom. The average Bonchev–Trinajstić information content (AvgIpc) is 3.14. The van der Waals surface area contributed by atoms with Gasteiger partial charge in [0.1, 0.15) is 12.7 Å². The molecule has 57 heavy (non-hydrogen) atoms. The van der Waals surface area contributed by atoms with Crippen LogP contribution in [0.3, 0.4) is 0 Å². The Balaban J connectivity index is 4.34. The van der Waals surface area contributed by atoms with E-state index >= 15 is 0 Å². The van der Waals surface area contributed by atoms with E-state index in [1.165, 1.54) is 116 Å². The number of phosphoric acid groups is 2. The van der Waals surface area contributed by atoms with E-state index in [0.717, 1.165) is 44.4 Å². The lowest BCUT2D eigenvalue weighted by molar-refractivity contribution is -0.161. The summed E-state index contributed by atoms with van der Waals surface area (Å²) in [6.07, 6.45) is 28.5. The van der Waals surface area contributed by atoms with Crippen molar-refractivity contribution in [2.24, 2.45) is 11.8 Å². The molecule has 0 amide bonds. The molecule has 0 aromatic heterocycles. The minimum atomic E-state index is -4.86. The van der Waals surface area contributed by atoms with Crippen molar-refractivity contribution < 1.29 is 61.6 Å². The van der Waals surface area contributed by atoms with Gasteiger partial charge in [0.25, 0.3) is 0 Å². The first-order valence-corrected chi connectivity index (χ1v) is 25.5. The van der Waals surface area contributed by atoms with Crippen LogP contribution in [0.15, 0.2) is 0 Å². The highest BCUT2D eigenvalue weighted by molar-refractivity contribution is 7.47. The Labute approximate surface area is 346 Å². The van der Waals surface area contributed by atoms with E-state index in [9.17, 15) is 28.7 Å². The normalized spacial score (nSPS) is 14.2. The molecule has 0 aliphatic heterocycles. The minimum absolute atomic E-state index is 0.138. The molecule has 0 rings (SSSR count). The van der Waals surface area contributed by atoms with Gasteiger partial charge in [0.05, 0.1) is 19.8 Å². The van der Waals surface area contributed by atoms with E-state index < -0.39 is 59.6 Å². The number of ether oxygens (including phenoxy) is 2. The predicted octanol–water partition coefficient (Wildman–Crippen LogP) is 11.3. The number of unbranched alkanes of at least 4 members (excludes halogenated alkanes) is 22. The fourth-order valence-electron chi connectivity index (χ4n) is 6.42. The van der Waals surface area contributed by atoms with Gasteiger partial charge in [0.2, 0.25) is 0 Å². The molecular formula is C42H84O13P2. The maximum Gasteiger partial charge on any atom is 0.472 e. The number of carbonyl (C=O) groups excluding carboxylic acids is 2. The number of aliphatic hydroxyl groups excluding tert-OH is 1. The molecule has 13 nitrogen and oxygen atoms in total. The second-order valence-electron chi connectivity index (χ2n) is 16.6. The van der Waals surface area contributed by atoms with Gasteiger partial charge in [-0.1, -0.05) is 182 Å². The SMILES string of the molecule is CC(C)CCCCCCCCCCCCCCCCCCCCC(=O)O[C@H](COC(=O)CCCCCCCCC(C)C)COP(=O)(O)OC[C@@H](O)COP(=O)(O)O. The second kappa shape index (κ2) is 36.9. The first-order valence-electron chi connectivity index (χ1n) is 22.4. The molecule has 0 aliphatic rings. The molecule has 3 atom stereocenters. The van der Waals surface area contributed by atoms with Crippen molar-refractivity contribution in [1.82, 2.24) is 0 Å². The topological polar surface area (TPSA) is 195 Å². The van der Waals surface area contributed by atoms with Crippen LogP contribution in [0.4, 0.5) is 0 Å². The van der Waals surface area contributed by atoms with Crippen LogP contribution in [0.25, 0.3) is 0 Å². The van der Waals surface area contributed by atoms with Crippen molar-refractivity contribution in [2.75, 3.05) is 26.4 Å². The van der Waals surface area contributed by atoms with Crippen LogP contribution in [0.1, 0.15) is 207 Å². The first-order chi connectivity index (χ1) is 27.1. The molecule has 340 valence electrons. The molecule has 1 unspecified atom stereocenters. The van der Waals surface area contributed by atoms with Crippen LogP contribution in [0, 0.1) is 11.8 Å². The summed E-state index contributed by atoms with van der Waals surface area (Å²) in [5, 5.41) is 9.73. The summed E-state index contributed by atoms with van der Waals surface area (Å²) in [5.74, 6) is 0.512. The van der Waals surface area contributed by atoms with Gasteiger partial charge < -0.3 is 29.3 Å². The van der Waals surface area contributed by atoms with Crippen LogP contribution < -0.4 is 0 Å². The molecule has 4 N–H and O–H groups in total. The fourth-order valence-corrected chi connectivity index (χ4v) is 7.58. The highest BCUT2D eigenvalue weighted by Gasteiger charge is 2.28. The lowest BCUT2D eigenvalue weighted by Crippen LogP contribution is -2.30. The van der Waals surface area contributed by atoms with Crippen molar-refractivity contribution in [3.63, 3.8) is 0 Å². The monoisotopic (exact) mass is 859 g/mol. The van der Waals surface area contributed by atoms with Crippen LogP contribution in [-0.2, 0) is 41.8 Å². The lowest BCUT2D eigenvalue weighted by atomic mass is 10.0. The molecule has 0 radical (unpaired) electrons. The second-order valence-corrected chi connectivity index (χ2v) is 19.3. The van der Waals surface area contributed by atoms with E-state index in [1.54, 1.807) is 0 Å². The molecule has 0 aromatic carbocycles. The number of hydrogen-bond donors (Lipinski definition) is 4. The minimum Gasteiger partial charge on any atom is -0.462 e. The Bertz CT molecular complexity index is 1050. The Morgan fingerprint density at radius 3 is 1.18 bits per heavy atom. The number of carbonyl (C=O) groups is 2. The standard InChI is InChI=1S/C42H84O13P2/c1-37(2)29-25-21-17-15-13-11-9-7-5-6-8-10-12-14-16-18-24-28-32-42(45)55-40(35-51-41(44)31-27-23-20-19-22-26-30-38(3)4)36-54-57(49,50)53-34-39(43)33-52-56(46,47)48/h37-40,43H,5-36H2,1-4H3,(H,49,50)(H2,46,47,48)/t39-,40+/m0/s1. The fraction of sp³-hybridized carbons (Fsp3) is 0.952. The third-order valence-corrected chi connectivity index (χ3v) is 11.3. The molecule has 0 saturated heterocycles. The van der Waals surface area contributed by atoms with Gasteiger partial charge in [-0.3, -0.25) is 23.2 Å². The molecule has 0 spiro atoms. The average molecular weight is 859 g/mol. The largest absolute Gasteiger partial charge is 0.472 e. The van der Waals surface area contributed by atoms with Gasteiger partial charge in [0, 0.05) is 12.8 Å². The molecule has 0 saturated carbocycles. The van der Waals surface area contributed by atoms with Gasteiger partial charge >= 0.3 is 27.6 Å². The van der Waals surface area contributed by atoms with Crippen LogP contribution in [0.2, 0.25) is 0 Å². The van der Waals surface area contributed by atoms with Crippen molar-refractivity contribution in [3.8, 4) is 0 Å². The summed E-state index contributed by atoms with van der Waals surface area (Å²) in [6.45, 7) is 6.35. The molecule has 0 aliphatic carbocycles. The van der Waals surface area contributed by atoms with Gasteiger partial charge in [-0.15, -0.1) is 0 Å². The summed E-state index contributed by atoms with van der Waals surface area (Å²) < 4.78 is 47.7. The molecular weight excluding hydrogens is 774 g/mol. The van der Waals surface area contributed by atoms with Gasteiger partial charge in [-0.2, -0.15) is 0 Å². The zero-order valence-corrected chi connectivity index (χ0v) is 38.1. The number of rotatable bonds is 42. The van der Waals surface area contributed by atoms with Crippen molar-refractivity contribution in [1.29, 1.82) is 0 Å². The molecule has 15 heteroatoms. The Morgan fingerprint density at radius 1 is 0.456 bits per heavy atom. The highest BCUT2D eigenvalue weighted by atomic mass is 31.2. The lowest BCUT2D eigenvalue weighted by Gasteiger charge is -2.20. The third kappa shape index (κ3) is 43.0. The smallest absolute Gasteiger partial charge is 0.462 e. The number of phosphoric ester groups is 2. The summed E-state index contributed by atoms with van der Waals surface area (Å²) in [7, 11) is -9.65. The van der Waals surface area contributed by atoms with Crippen LogP contribution in [-0.4, -0.2) is 70.4 Å². The van der Waals surface area contributed by atoms with E-state index in [4.69, 9.17) is 23.8 Å². The maximum atomic E-state index is 12.7. The zero-order valence-electron chi connectivity index (χ0n) is 36.3. The Kier molecular flexibility index (Phi) is 36.4. The highest BCUT2D eigenvalue weighted by Crippen LogP contribution is 2.43. The summed E-state index contributed by atoms with van der Waals surface area (Å²) in [6, 6.07) is 0. The number of esters is 2. The third-order valence-electron chi connectivity index (χ3n) is 9.84. The molecule has 0 heterocycles. The molecule has 0 fully saturated rings. The van der Waals surface area contributed by atoms with E-state index in [1.807, 2.05) is 0 Å². The van der Waals surface area contributed by atoms with Crippen LogP contribution >= 0.6 is 15.6 Å². The maximum absolute atomic E-state index is 12.7. The molecule has 0 bridgehead atoms.